The highest BCUT2D eigenvalue weighted by Crippen LogP contribution is 2.56. The van der Waals surface area contributed by atoms with E-state index in [1.54, 1.807) is 0 Å². The zero-order valence-corrected chi connectivity index (χ0v) is 30.3. The molecule has 1 heteroatoms. The highest BCUT2D eigenvalue weighted by Gasteiger charge is 2.46. The number of benzene rings is 8. The molecule has 10 rings (SSSR count). The average Bonchev–Trinajstić information content (AvgIpc) is 3.58. The minimum absolute atomic E-state index is 0.418. The van der Waals surface area contributed by atoms with Crippen molar-refractivity contribution in [2.24, 2.45) is 0 Å². The zero-order valence-electron chi connectivity index (χ0n) is 30.3. The Kier molecular flexibility index (Phi) is 8.12. The lowest BCUT2D eigenvalue weighted by molar-refractivity contribution is 0.769. The van der Waals surface area contributed by atoms with Crippen molar-refractivity contribution < 1.29 is 0 Å². The van der Waals surface area contributed by atoms with Crippen LogP contribution in [0.3, 0.4) is 0 Å². The Morgan fingerprint density at radius 2 is 0.673 bits per heavy atom. The molecule has 1 heterocycles. The fourth-order valence-electron chi connectivity index (χ4n) is 8.57. The molecule has 1 aliphatic rings. The monoisotopic (exact) mass is 699 g/mol. The Bertz CT molecular complexity index is 2670. The van der Waals surface area contributed by atoms with E-state index in [2.05, 4.69) is 212 Å². The lowest BCUT2D eigenvalue weighted by Gasteiger charge is -2.34. The first-order chi connectivity index (χ1) is 27.3. The number of aromatic nitrogens is 1. The van der Waals surface area contributed by atoms with Crippen LogP contribution in [0.5, 0.6) is 0 Å². The van der Waals surface area contributed by atoms with Gasteiger partial charge in [-0.05, 0) is 91.0 Å². The van der Waals surface area contributed by atoms with Crippen LogP contribution in [0.15, 0.2) is 224 Å². The maximum absolute atomic E-state index is 5.10. The van der Waals surface area contributed by atoms with E-state index in [-0.39, 0.29) is 0 Å². The smallest absolute Gasteiger partial charge is 0.0715 e. The quantitative estimate of drug-likeness (QED) is 0.161. The van der Waals surface area contributed by atoms with Crippen molar-refractivity contribution in [2.75, 3.05) is 0 Å². The summed E-state index contributed by atoms with van der Waals surface area (Å²) in [6.07, 6.45) is 0. The molecule has 0 amide bonds. The second kappa shape index (κ2) is 13.7. The van der Waals surface area contributed by atoms with Crippen LogP contribution in [0.2, 0.25) is 0 Å². The highest BCUT2D eigenvalue weighted by atomic mass is 14.7. The van der Waals surface area contributed by atoms with Gasteiger partial charge < -0.3 is 0 Å². The Morgan fingerprint density at radius 1 is 0.255 bits per heavy atom. The normalized spacial score (nSPS) is 12.5. The highest BCUT2D eigenvalue weighted by molar-refractivity contribution is 5.89. The van der Waals surface area contributed by atoms with E-state index < -0.39 is 5.41 Å². The average molecular weight is 700 g/mol. The standard InChI is InChI=1S/C54H37N/c1-5-16-40(17-6-1)52-36-45(37-53(55-52)41-18-7-2-8-19-41)43-21-15-20-42(34-43)38-28-30-39(31-29-38)44-32-33-49-48-26-13-14-27-50(48)54(51(49)35-44,46-22-9-3-10-23-46)47-24-11-4-12-25-47/h1-37H. The van der Waals surface area contributed by atoms with E-state index in [0.29, 0.717) is 0 Å². The third kappa shape index (κ3) is 5.69. The fraction of sp³-hybridized carbons (Fsp3) is 0.0185. The van der Waals surface area contributed by atoms with E-state index >= 15 is 0 Å². The van der Waals surface area contributed by atoms with Crippen LogP contribution in [0.25, 0.3) is 67.0 Å². The summed E-state index contributed by atoms with van der Waals surface area (Å²) < 4.78 is 0. The number of hydrogen-bond donors (Lipinski definition) is 0. The molecule has 0 spiro atoms. The number of nitrogens with zero attached hydrogens (tertiary/aromatic N) is 1. The summed E-state index contributed by atoms with van der Waals surface area (Å²) in [6.45, 7) is 0. The van der Waals surface area contributed by atoms with Crippen LogP contribution in [0, 0.1) is 0 Å². The van der Waals surface area contributed by atoms with E-state index in [1.807, 2.05) is 12.1 Å². The van der Waals surface area contributed by atoms with E-state index in [1.165, 1.54) is 55.6 Å². The topological polar surface area (TPSA) is 12.9 Å². The van der Waals surface area contributed by atoms with Crippen molar-refractivity contribution >= 4 is 0 Å². The van der Waals surface area contributed by atoms with Crippen molar-refractivity contribution in [1.82, 2.24) is 4.98 Å². The number of fused-ring (bicyclic) bond motifs is 3. The number of pyridine rings is 1. The van der Waals surface area contributed by atoms with Gasteiger partial charge in [0.05, 0.1) is 16.8 Å². The summed E-state index contributed by atoms with van der Waals surface area (Å²) in [7, 11) is 0. The van der Waals surface area contributed by atoms with Crippen molar-refractivity contribution in [3.8, 4) is 67.0 Å². The van der Waals surface area contributed by atoms with Gasteiger partial charge in [0.25, 0.3) is 0 Å². The third-order valence-electron chi connectivity index (χ3n) is 11.2. The molecule has 0 atom stereocenters. The Morgan fingerprint density at radius 3 is 1.24 bits per heavy atom. The predicted octanol–water partition coefficient (Wildman–Crippen LogP) is 13.8. The summed E-state index contributed by atoms with van der Waals surface area (Å²) >= 11 is 0. The molecule has 9 aromatic rings. The lowest BCUT2D eigenvalue weighted by Crippen LogP contribution is -2.28. The van der Waals surface area contributed by atoms with Gasteiger partial charge in [-0.3, -0.25) is 0 Å². The van der Waals surface area contributed by atoms with Gasteiger partial charge in [0, 0.05) is 11.1 Å². The van der Waals surface area contributed by atoms with Gasteiger partial charge in [0.1, 0.15) is 0 Å². The molecule has 1 nitrogen and oxygen atoms in total. The molecule has 0 saturated heterocycles. The van der Waals surface area contributed by atoms with Gasteiger partial charge in [-0.15, -0.1) is 0 Å². The van der Waals surface area contributed by atoms with Crippen LogP contribution in [0.4, 0.5) is 0 Å². The van der Waals surface area contributed by atoms with E-state index in [0.717, 1.165) is 33.6 Å². The van der Waals surface area contributed by atoms with Gasteiger partial charge in [-0.1, -0.05) is 200 Å². The first-order valence-electron chi connectivity index (χ1n) is 19.0. The first-order valence-corrected chi connectivity index (χ1v) is 19.0. The molecule has 0 N–H and O–H groups in total. The maximum atomic E-state index is 5.10. The molecule has 55 heavy (non-hydrogen) atoms. The fourth-order valence-corrected chi connectivity index (χ4v) is 8.57. The van der Waals surface area contributed by atoms with Crippen LogP contribution in [-0.4, -0.2) is 4.98 Å². The van der Waals surface area contributed by atoms with Crippen LogP contribution >= 0.6 is 0 Å². The zero-order chi connectivity index (χ0) is 36.6. The van der Waals surface area contributed by atoms with Gasteiger partial charge >= 0.3 is 0 Å². The van der Waals surface area contributed by atoms with Crippen molar-refractivity contribution in [2.45, 2.75) is 5.41 Å². The van der Waals surface area contributed by atoms with Crippen molar-refractivity contribution in [3.63, 3.8) is 0 Å². The molecule has 0 fully saturated rings. The Hall–Kier alpha value is -7.09. The third-order valence-corrected chi connectivity index (χ3v) is 11.2. The van der Waals surface area contributed by atoms with Gasteiger partial charge in [0.2, 0.25) is 0 Å². The first kappa shape index (κ1) is 32.6. The van der Waals surface area contributed by atoms with Crippen LogP contribution in [0.1, 0.15) is 22.3 Å². The maximum Gasteiger partial charge on any atom is 0.0715 e. The molecule has 0 radical (unpaired) electrons. The van der Waals surface area contributed by atoms with E-state index in [9.17, 15) is 0 Å². The number of rotatable bonds is 7. The lowest BCUT2D eigenvalue weighted by atomic mass is 9.67. The van der Waals surface area contributed by atoms with Gasteiger partial charge in [0.15, 0.2) is 0 Å². The molecule has 258 valence electrons. The molecule has 1 aromatic heterocycles. The molecule has 8 aromatic carbocycles. The van der Waals surface area contributed by atoms with Crippen molar-refractivity contribution in [1.29, 1.82) is 0 Å². The minimum Gasteiger partial charge on any atom is -0.248 e. The van der Waals surface area contributed by atoms with Crippen LogP contribution < -0.4 is 0 Å². The van der Waals surface area contributed by atoms with Gasteiger partial charge in [-0.2, -0.15) is 0 Å². The SMILES string of the molecule is c1ccc(-c2cc(-c3cccc(-c4ccc(-c5ccc6c(c5)C(c5ccccc5)(c5ccccc5)c5ccccc5-6)cc4)c3)cc(-c3ccccc3)n2)cc1. The predicted molar refractivity (Wildman–Crippen MR) is 229 cm³/mol. The second-order valence-corrected chi connectivity index (χ2v) is 14.3. The van der Waals surface area contributed by atoms with E-state index in [4.69, 9.17) is 4.98 Å². The molecule has 1 aliphatic carbocycles. The summed E-state index contributed by atoms with van der Waals surface area (Å²) in [5.74, 6) is 0. The second-order valence-electron chi connectivity index (χ2n) is 14.3. The molecule has 0 unspecified atom stereocenters. The molecular formula is C54H37N. The molecule has 0 aliphatic heterocycles. The van der Waals surface area contributed by atoms with Gasteiger partial charge in [-0.25, -0.2) is 4.98 Å². The summed E-state index contributed by atoms with van der Waals surface area (Å²) in [6, 6.07) is 81.2. The van der Waals surface area contributed by atoms with Crippen LogP contribution in [-0.2, 0) is 5.41 Å². The largest absolute Gasteiger partial charge is 0.248 e. The summed E-state index contributed by atoms with van der Waals surface area (Å²) in [5, 5.41) is 0. The molecule has 0 saturated carbocycles. The molecular weight excluding hydrogens is 663 g/mol. The minimum atomic E-state index is -0.418. The number of hydrogen-bond acceptors (Lipinski definition) is 1. The Labute approximate surface area is 322 Å². The molecule has 0 bridgehead atoms. The Balaban J connectivity index is 1.04. The van der Waals surface area contributed by atoms with Crippen molar-refractivity contribution in [3.05, 3.63) is 247 Å². The summed E-state index contributed by atoms with van der Waals surface area (Å²) in [5.41, 5.74) is 18.6. The summed E-state index contributed by atoms with van der Waals surface area (Å²) in [4.78, 5) is 5.10.